The number of anilines is 2. The number of rotatable bonds is 6. The number of hydrogen-bond acceptors (Lipinski definition) is 4. The van der Waals surface area contributed by atoms with Crippen molar-refractivity contribution in [2.24, 2.45) is 11.7 Å². The second-order valence-electron chi connectivity index (χ2n) is 5.97. The van der Waals surface area contributed by atoms with Gasteiger partial charge < -0.3 is 21.1 Å². The second kappa shape index (κ2) is 8.08. The first-order chi connectivity index (χ1) is 11.0. The van der Waals surface area contributed by atoms with Crippen molar-refractivity contribution in [2.75, 3.05) is 17.2 Å². The first kappa shape index (κ1) is 17.4. The molecule has 0 radical (unpaired) electrons. The highest BCUT2D eigenvalue weighted by Crippen LogP contribution is 2.18. The van der Waals surface area contributed by atoms with Crippen molar-refractivity contribution >= 4 is 23.2 Å². The summed E-state index contributed by atoms with van der Waals surface area (Å²) >= 11 is 0. The summed E-state index contributed by atoms with van der Waals surface area (Å²) in [5, 5.41) is 5.60. The molecular weight excluding hydrogens is 294 g/mol. The maximum atomic E-state index is 12.0. The van der Waals surface area contributed by atoms with E-state index in [1.807, 2.05) is 13.8 Å². The van der Waals surface area contributed by atoms with Crippen molar-refractivity contribution in [3.8, 4) is 0 Å². The van der Waals surface area contributed by atoms with E-state index in [0.29, 0.717) is 18.0 Å². The number of hydrogen-bond donors (Lipinski definition) is 3. The smallest absolute Gasteiger partial charge is 0.253 e. The fourth-order valence-electron chi connectivity index (χ4n) is 2.38. The van der Waals surface area contributed by atoms with Gasteiger partial charge in [-0.05, 0) is 43.0 Å². The summed E-state index contributed by atoms with van der Waals surface area (Å²) in [7, 11) is 0. The summed E-state index contributed by atoms with van der Waals surface area (Å²) in [6, 6.07) is 6.45. The number of carbonyl (C=O) groups is 2. The summed E-state index contributed by atoms with van der Waals surface area (Å²) in [6.07, 6.45) is 2.17. The lowest BCUT2D eigenvalue weighted by Gasteiger charge is -2.18. The number of nitrogens with two attached hydrogens (primary N) is 1. The molecule has 1 saturated heterocycles. The van der Waals surface area contributed by atoms with Gasteiger partial charge in [-0.15, -0.1) is 0 Å². The van der Waals surface area contributed by atoms with E-state index in [1.54, 1.807) is 24.3 Å². The number of nitrogens with one attached hydrogen (secondary N) is 2. The van der Waals surface area contributed by atoms with Crippen molar-refractivity contribution in [2.45, 2.75) is 45.3 Å². The molecule has 1 fully saturated rings. The molecule has 2 amide bonds. The molecule has 0 bridgehead atoms. The highest BCUT2D eigenvalue weighted by molar-refractivity contribution is 5.96. The van der Waals surface area contributed by atoms with Gasteiger partial charge in [0.05, 0.1) is 6.04 Å². The minimum atomic E-state index is -0.529. The van der Waals surface area contributed by atoms with Crippen LogP contribution in [0, 0.1) is 5.92 Å². The number of carbonyl (C=O) groups excluding carboxylic acids is 2. The van der Waals surface area contributed by atoms with Crippen LogP contribution in [-0.2, 0) is 14.3 Å². The first-order valence-electron chi connectivity index (χ1n) is 8.10. The normalized spacial score (nSPS) is 19.9. The van der Waals surface area contributed by atoms with Crippen LogP contribution in [0.25, 0.3) is 0 Å². The Kier molecular flexibility index (Phi) is 6.12. The average molecular weight is 319 g/mol. The Morgan fingerprint density at radius 2 is 1.87 bits per heavy atom. The summed E-state index contributed by atoms with van der Waals surface area (Å²) in [6.45, 7) is 4.59. The molecule has 4 N–H and O–H groups in total. The number of ether oxygens (including phenoxy) is 1. The van der Waals surface area contributed by atoms with Gasteiger partial charge in [-0.1, -0.05) is 20.3 Å². The van der Waals surface area contributed by atoms with Gasteiger partial charge in [0, 0.05) is 18.0 Å². The van der Waals surface area contributed by atoms with Gasteiger partial charge in [0.1, 0.15) is 6.10 Å². The van der Waals surface area contributed by atoms with E-state index in [-0.39, 0.29) is 23.8 Å². The molecule has 1 aromatic carbocycles. The molecule has 126 valence electrons. The third kappa shape index (κ3) is 4.77. The zero-order valence-corrected chi connectivity index (χ0v) is 13.7. The minimum Gasteiger partial charge on any atom is -0.368 e. The van der Waals surface area contributed by atoms with Crippen LogP contribution in [0.5, 0.6) is 0 Å². The predicted molar refractivity (Wildman–Crippen MR) is 90.1 cm³/mol. The molecule has 1 aromatic rings. The molecule has 0 spiro atoms. The predicted octanol–water partition coefficient (Wildman–Crippen LogP) is 2.12. The van der Waals surface area contributed by atoms with Gasteiger partial charge >= 0.3 is 0 Å². The van der Waals surface area contributed by atoms with Crippen LogP contribution in [0.1, 0.15) is 33.1 Å². The third-order valence-electron chi connectivity index (χ3n) is 4.20. The molecule has 6 heteroatoms. The highest BCUT2D eigenvalue weighted by atomic mass is 16.5. The van der Waals surface area contributed by atoms with Crippen molar-refractivity contribution < 1.29 is 14.3 Å². The summed E-state index contributed by atoms with van der Waals surface area (Å²) < 4.78 is 5.34. The van der Waals surface area contributed by atoms with Crippen LogP contribution in [0.3, 0.4) is 0 Å². The van der Waals surface area contributed by atoms with Gasteiger partial charge in [-0.2, -0.15) is 0 Å². The molecule has 0 saturated carbocycles. The zero-order valence-electron chi connectivity index (χ0n) is 13.7. The summed E-state index contributed by atoms with van der Waals surface area (Å²) in [5.41, 5.74) is 7.23. The van der Waals surface area contributed by atoms with Crippen LogP contribution < -0.4 is 16.4 Å². The molecule has 1 aliphatic heterocycles. The standard InChI is InChI=1S/C17H25N3O3/c1-3-11(2)15(18)17(22)20-13-8-6-12(7-9-13)19-16(21)14-5-4-10-23-14/h6-9,11,14-15H,3-5,10,18H2,1-2H3,(H,19,21)(H,20,22). The van der Waals surface area contributed by atoms with Crippen LogP contribution in [0.2, 0.25) is 0 Å². The lowest BCUT2D eigenvalue weighted by atomic mass is 9.99. The van der Waals surface area contributed by atoms with Gasteiger partial charge in [-0.3, -0.25) is 9.59 Å². The average Bonchev–Trinajstić information content (AvgIpc) is 3.09. The van der Waals surface area contributed by atoms with Gasteiger partial charge in [0.25, 0.3) is 5.91 Å². The molecule has 3 unspecified atom stereocenters. The monoisotopic (exact) mass is 319 g/mol. The number of amides is 2. The van der Waals surface area contributed by atoms with Crippen LogP contribution >= 0.6 is 0 Å². The highest BCUT2D eigenvalue weighted by Gasteiger charge is 2.23. The first-order valence-corrected chi connectivity index (χ1v) is 8.10. The van der Waals surface area contributed by atoms with Crippen molar-refractivity contribution in [1.29, 1.82) is 0 Å². The third-order valence-corrected chi connectivity index (χ3v) is 4.20. The van der Waals surface area contributed by atoms with Crippen LogP contribution in [0.15, 0.2) is 24.3 Å². The Morgan fingerprint density at radius 3 is 2.39 bits per heavy atom. The lowest BCUT2D eigenvalue weighted by molar-refractivity contribution is -0.124. The van der Waals surface area contributed by atoms with Crippen molar-refractivity contribution in [3.05, 3.63) is 24.3 Å². The second-order valence-corrected chi connectivity index (χ2v) is 5.97. The largest absolute Gasteiger partial charge is 0.368 e. The van der Waals surface area contributed by atoms with Gasteiger partial charge in [0.2, 0.25) is 5.91 Å². The zero-order chi connectivity index (χ0) is 16.8. The van der Waals surface area contributed by atoms with E-state index in [4.69, 9.17) is 10.5 Å². The van der Waals surface area contributed by atoms with Crippen molar-refractivity contribution in [1.82, 2.24) is 0 Å². The fraction of sp³-hybridized carbons (Fsp3) is 0.529. The molecule has 1 heterocycles. The van der Waals surface area contributed by atoms with E-state index in [1.165, 1.54) is 0 Å². The summed E-state index contributed by atoms with van der Waals surface area (Å²) in [4.78, 5) is 24.0. The molecule has 0 aromatic heterocycles. The molecule has 6 nitrogen and oxygen atoms in total. The summed E-state index contributed by atoms with van der Waals surface area (Å²) in [5.74, 6) is -0.200. The van der Waals surface area contributed by atoms with Crippen LogP contribution in [-0.4, -0.2) is 30.6 Å². The Morgan fingerprint density at radius 1 is 1.26 bits per heavy atom. The molecular formula is C17H25N3O3. The maximum absolute atomic E-state index is 12.0. The Hall–Kier alpha value is -1.92. The lowest BCUT2D eigenvalue weighted by Crippen LogP contribution is -2.40. The van der Waals surface area contributed by atoms with E-state index in [0.717, 1.165) is 19.3 Å². The maximum Gasteiger partial charge on any atom is 0.253 e. The molecule has 2 rings (SSSR count). The van der Waals surface area contributed by atoms with E-state index < -0.39 is 6.04 Å². The Balaban J connectivity index is 1.89. The Labute approximate surface area is 136 Å². The van der Waals surface area contributed by atoms with Gasteiger partial charge in [-0.25, -0.2) is 0 Å². The number of benzene rings is 1. The Bertz CT molecular complexity index is 539. The van der Waals surface area contributed by atoms with E-state index in [2.05, 4.69) is 10.6 Å². The topological polar surface area (TPSA) is 93.5 Å². The quantitative estimate of drug-likeness (QED) is 0.748. The molecule has 0 aliphatic carbocycles. The van der Waals surface area contributed by atoms with E-state index in [9.17, 15) is 9.59 Å². The SMILES string of the molecule is CCC(C)C(N)C(=O)Nc1ccc(NC(=O)C2CCCO2)cc1. The van der Waals surface area contributed by atoms with Crippen LogP contribution in [0.4, 0.5) is 11.4 Å². The molecule has 3 atom stereocenters. The minimum absolute atomic E-state index is 0.125. The fourth-order valence-corrected chi connectivity index (χ4v) is 2.38. The molecule has 1 aliphatic rings. The van der Waals surface area contributed by atoms with E-state index >= 15 is 0 Å². The van der Waals surface area contributed by atoms with Crippen molar-refractivity contribution in [3.63, 3.8) is 0 Å². The van der Waals surface area contributed by atoms with Gasteiger partial charge in [0.15, 0.2) is 0 Å². The molecule has 23 heavy (non-hydrogen) atoms.